The maximum absolute atomic E-state index is 12.1. The van der Waals surface area contributed by atoms with Crippen LogP contribution in [0.25, 0.3) is 0 Å². The molecule has 0 amide bonds. The van der Waals surface area contributed by atoms with Crippen molar-refractivity contribution in [2.45, 2.75) is 0 Å². The van der Waals surface area contributed by atoms with Crippen molar-refractivity contribution in [1.29, 1.82) is 0 Å². The largest absolute Gasteiger partial charge is 0.367 e. The van der Waals surface area contributed by atoms with Crippen LogP contribution in [0.1, 0.15) is 10.4 Å². The Kier molecular flexibility index (Phi) is 4.36. The van der Waals surface area contributed by atoms with Gasteiger partial charge in [0, 0.05) is 21.9 Å². The van der Waals surface area contributed by atoms with E-state index in [0.29, 0.717) is 6.54 Å². The summed E-state index contributed by atoms with van der Waals surface area (Å²) in [6.45, 7) is 0.393. The van der Waals surface area contributed by atoms with Crippen LogP contribution in [-0.4, -0.2) is 19.4 Å². The molecule has 2 nitrogen and oxygen atoms in total. The molecule has 0 aliphatic carbocycles. The molecule has 3 heteroatoms. The van der Waals surface area contributed by atoms with Gasteiger partial charge in [0.2, 0.25) is 0 Å². The van der Waals surface area contributed by atoms with Crippen molar-refractivity contribution >= 4 is 34.1 Å². The molecule has 0 saturated heterocycles. The first-order valence-electron chi connectivity index (χ1n) is 5.72. The molecule has 0 radical (unpaired) electrons. The highest BCUT2D eigenvalue weighted by Crippen LogP contribution is 2.13. The number of hydrogen-bond donors (Lipinski definition) is 0. The molecule has 2 aromatic carbocycles. The Morgan fingerprint density at radius 3 is 2.28 bits per heavy atom. The number of para-hydroxylation sites is 1. The predicted octanol–water partition coefficient (Wildman–Crippen LogP) is 3.61. The quantitative estimate of drug-likeness (QED) is 0.620. The van der Waals surface area contributed by atoms with Gasteiger partial charge in [-0.1, -0.05) is 30.3 Å². The Labute approximate surface area is 121 Å². The van der Waals surface area contributed by atoms with Crippen molar-refractivity contribution in [3.63, 3.8) is 0 Å². The molecule has 0 saturated carbocycles. The Morgan fingerprint density at radius 2 is 1.67 bits per heavy atom. The molecule has 18 heavy (non-hydrogen) atoms. The normalized spacial score (nSPS) is 10.1. The van der Waals surface area contributed by atoms with Crippen LogP contribution in [0.4, 0.5) is 5.69 Å². The van der Waals surface area contributed by atoms with Crippen molar-refractivity contribution in [1.82, 2.24) is 0 Å². The van der Waals surface area contributed by atoms with Crippen LogP contribution in [0.15, 0.2) is 54.6 Å². The number of carbonyl (C=O) groups is 1. The average molecular weight is 351 g/mol. The van der Waals surface area contributed by atoms with E-state index < -0.39 is 0 Å². The van der Waals surface area contributed by atoms with Crippen molar-refractivity contribution in [2.24, 2.45) is 0 Å². The number of anilines is 1. The van der Waals surface area contributed by atoms with Crippen LogP contribution in [0.2, 0.25) is 0 Å². The third-order valence-corrected chi connectivity index (χ3v) is 3.46. The van der Waals surface area contributed by atoms with Gasteiger partial charge in [0.05, 0.1) is 6.54 Å². The molecule has 0 bridgehead atoms. The molecule has 0 atom stereocenters. The summed E-state index contributed by atoms with van der Waals surface area (Å²) < 4.78 is 1.14. The summed E-state index contributed by atoms with van der Waals surface area (Å²) in [4.78, 5) is 14.1. The van der Waals surface area contributed by atoms with Gasteiger partial charge in [-0.3, -0.25) is 4.79 Å². The topological polar surface area (TPSA) is 20.3 Å². The lowest BCUT2D eigenvalue weighted by molar-refractivity contribution is 0.100. The molecule has 0 aliphatic heterocycles. The maximum atomic E-state index is 12.1. The summed E-state index contributed by atoms with van der Waals surface area (Å²) in [7, 11) is 1.93. The number of nitrogens with zero attached hydrogens (tertiary/aromatic N) is 1. The van der Waals surface area contributed by atoms with Crippen LogP contribution in [-0.2, 0) is 0 Å². The standard InChI is InChI=1S/C15H14INO/c1-17(14-5-3-2-4-6-14)11-15(18)12-7-9-13(16)10-8-12/h2-10H,11H2,1H3. The Balaban J connectivity index is 2.06. The summed E-state index contributed by atoms with van der Waals surface area (Å²) in [5, 5.41) is 0. The summed E-state index contributed by atoms with van der Waals surface area (Å²) in [6, 6.07) is 17.6. The lowest BCUT2D eigenvalue weighted by Gasteiger charge is -2.18. The second kappa shape index (κ2) is 6.00. The number of Topliss-reactive ketones (excluding diaryl/α,β-unsaturated/α-hetero) is 1. The van der Waals surface area contributed by atoms with E-state index in [9.17, 15) is 4.79 Å². The van der Waals surface area contributed by atoms with Gasteiger partial charge in [0.25, 0.3) is 0 Å². The van der Waals surface area contributed by atoms with E-state index in [1.165, 1.54) is 0 Å². The zero-order valence-corrected chi connectivity index (χ0v) is 12.3. The highest BCUT2D eigenvalue weighted by Gasteiger charge is 2.09. The first-order valence-corrected chi connectivity index (χ1v) is 6.79. The van der Waals surface area contributed by atoms with Crippen molar-refractivity contribution in [3.05, 3.63) is 63.7 Å². The molecule has 0 unspecified atom stereocenters. The summed E-state index contributed by atoms with van der Waals surface area (Å²) in [5.41, 5.74) is 1.81. The number of likely N-dealkylation sites (N-methyl/N-ethyl adjacent to an activating group) is 1. The van der Waals surface area contributed by atoms with E-state index in [2.05, 4.69) is 22.6 Å². The lowest BCUT2D eigenvalue weighted by Crippen LogP contribution is -2.25. The third kappa shape index (κ3) is 3.32. The Hall–Kier alpha value is -1.36. The Bertz CT molecular complexity index is 522. The molecule has 0 heterocycles. The SMILES string of the molecule is CN(CC(=O)c1ccc(I)cc1)c1ccccc1. The summed E-state index contributed by atoms with van der Waals surface area (Å²) in [5.74, 6) is 0.137. The fourth-order valence-electron chi connectivity index (χ4n) is 1.72. The van der Waals surface area contributed by atoms with Gasteiger partial charge in [0.15, 0.2) is 5.78 Å². The van der Waals surface area contributed by atoms with Gasteiger partial charge in [-0.25, -0.2) is 0 Å². The van der Waals surface area contributed by atoms with Crippen LogP contribution < -0.4 is 4.90 Å². The van der Waals surface area contributed by atoms with Gasteiger partial charge in [-0.05, 0) is 46.9 Å². The van der Waals surface area contributed by atoms with E-state index in [1.807, 2.05) is 66.5 Å². The minimum atomic E-state index is 0.137. The molecule has 0 fully saturated rings. The Morgan fingerprint density at radius 1 is 1.06 bits per heavy atom. The van der Waals surface area contributed by atoms with Crippen molar-refractivity contribution in [2.75, 3.05) is 18.5 Å². The first kappa shape index (κ1) is 13.1. The highest BCUT2D eigenvalue weighted by atomic mass is 127. The number of ketones is 1. The number of halogens is 1. The second-order valence-corrected chi connectivity index (χ2v) is 5.37. The molecule has 0 spiro atoms. The number of rotatable bonds is 4. The number of carbonyl (C=O) groups excluding carboxylic acids is 1. The van der Waals surface area contributed by atoms with Crippen LogP contribution >= 0.6 is 22.6 Å². The molecular formula is C15H14INO. The molecule has 0 aromatic heterocycles. The fourth-order valence-corrected chi connectivity index (χ4v) is 2.08. The summed E-state index contributed by atoms with van der Waals surface area (Å²) in [6.07, 6.45) is 0. The smallest absolute Gasteiger partial charge is 0.182 e. The van der Waals surface area contributed by atoms with Gasteiger partial charge in [-0.2, -0.15) is 0 Å². The molecule has 0 aliphatic rings. The molecule has 2 rings (SSSR count). The van der Waals surface area contributed by atoms with Crippen LogP contribution in [0.5, 0.6) is 0 Å². The van der Waals surface area contributed by atoms with E-state index in [4.69, 9.17) is 0 Å². The molecule has 0 N–H and O–H groups in total. The molecule has 92 valence electrons. The predicted molar refractivity (Wildman–Crippen MR) is 83.2 cm³/mol. The molecule has 2 aromatic rings. The van der Waals surface area contributed by atoms with Gasteiger partial charge in [-0.15, -0.1) is 0 Å². The monoisotopic (exact) mass is 351 g/mol. The highest BCUT2D eigenvalue weighted by molar-refractivity contribution is 14.1. The van der Waals surface area contributed by atoms with Crippen LogP contribution in [0, 0.1) is 3.57 Å². The fraction of sp³-hybridized carbons (Fsp3) is 0.133. The first-order chi connectivity index (χ1) is 8.66. The van der Waals surface area contributed by atoms with E-state index >= 15 is 0 Å². The summed E-state index contributed by atoms with van der Waals surface area (Å²) >= 11 is 2.23. The van der Waals surface area contributed by atoms with Gasteiger partial charge in [0.1, 0.15) is 0 Å². The lowest BCUT2D eigenvalue weighted by atomic mass is 10.1. The maximum Gasteiger partial charge on any atom is 0.182 e. The van der Waals surface area contributed by atoms with Crippen molar-refractivity contribution in [3.8, 4) is 0 Å². The minimum Gasteiger partial charge on any atom is -0.367 e. The van der Waals surface area contributed by atoms with E-state index in [-0.39, 0.29) is 5.78 Å². The van der Waals surface area contributed by atoms with E-state index in [0.717, 1.165) is 14.8 Å². The van der Waals surface area contributed by atoms with Gasteiger partial charge < -0.3 is 4.90 Å². The number of benzene rings is 2. The van der Waals surface area contributed by atoms with Gasteiger partial charge >= 0.3 is 0 Å². The average Bonchev–Trinajstić information content (AvgIpc) is 2.40. The number of hydrogen-bond acceptors (Lipinski definition) is 2. The van der Waals surface area contributed by atoms with Crippen LogP contribution in [0.3, 0.4) is 0 Å². The van der Waals surface area contributed by atoms with E-state index in [1.54, 1.807) is 0 Å². The zero-order valence-electron chi connectivity index (χ0n) is 10.1. The third-order valence-electron chi connectivity index (χ3n) is 2.74. The molecular weight excluding hydrogens is 337 g/mol. The zero-order chi connectivity index (χ0) is 13.0. The second-order valence-electron chi connectivity index (χ2n) is 4.12. The minimum absolute atomic E-state index is 0.137. The van der Waals surface area contributed by atoms with Crippen molar-refractivity contribution < 1.29 is 4.79 Å².